The molecule has 2 N–H and O–H groups in total. The summed E-state index contributed by atoms with van der Waals surface area (Å²) in [7, 11) is 0. The van der Waals surface area contributed by atoms with Crippen molar-refractivity contribution >= 4 is 17.3 Å². The number of para-hydroxylation sites is 1. The van der Waals surface area contributed by atoms with Crippen LogP contribution in [0, 0.1) is 6.92 Å². The molecule has 82 valence electrons. The quantitative estimate of drug-likeness (QED) is 0.795. The number of aryl methyl sites for hydroxylation is 1. The molecular formula is C13H12ClNO. The molecule has 0 bridgehead atoms. The molecule has 0 saturated carbocycles. The predicted octanol–water partition coefficient (Wildman–Crippen LogP) is 4.02. The SMILES string of the molecule is Cc1ccccc1Oc1ccc(Cl)cc1N. The number of hydrogen-bond donors (Lipinski definition) is 1. The largest absolute Gasteiger partial charge is 0.455 e. The van der Waals surface area contributed by atoms with Crippen LogP contribution in [0.1, 0.15) is 5.56 Å². The first-order chi connectivity index (χ1) is 7.66. The second kappa shape index (κ2) is 4.45. The lowest BCUT2D eigenvalue weighted by atomic mass is 10.2. The fourth-order valence-electron chi connectivity index (χ4n) is 1.40. The maximum atomic E-state index is 5.82. The topological polar surface area (TPSA) is 35.2 Å². The van der Waals surface area contributed by atoms with Gasteiger partial charge in [0.1, 0.15) is 11.5 Å². The number of hydrogen-bond acceptors (Lipinski definition) is 2. The van der Waals surface area contributed by atoms with E-state index in [0.29, 0.717) is 16.5 Å². The summed E-state index contributed by atoms with van der Waals surface area (Å²) in [5, 5.41) is 0.606. The number of nitrogens with two attached hydrogens (primary N) is 1. The Labute approximate surface area is 99.6 Å². The third-order valence-electron chi connectivity index (χ3n) is 2.29. The highest BCUT2D eigenvalue weighted by molar-refractivity contribution is 6.30. The molecule has 0 fully saturated rings. The molecule has 0 saturated heterocycles. The zero-order chi connectivity index (χ0) is 11.5. The Balaban J connectivity index is 2.31. The van der Waals surface area contributed by atoms with Crippen molar-refractivity contribution in [2.24, 2.45) is 0 Å². The molecule has 2 aromatic rings. The number of benzene rings is 2. The van der Waals surface area contributed by atoms with Crippen LogP contribution in [0.15, 0.2) is 42.5 Å². The molecule has 0 spiro atoms. The average molecular weight is 234 g/mol. The molecule has 0 radical (unpaired) electrons. The van der Waals surface area contributed by atoms with Crippen LogP contribution in [0.5, 0.6) is 11.5 Å². The number of halogens is 1. The molecule has 2 rings (SSSR count). The van der Waals surface area contributed by atoms with Gasteiger partial charge in [-0.05, 0) is 36.8 Å². The second-order valence-corrected chi connectivity index (χ2v) is 3.99. The van der Waals surface area contributed by atoms with Gasteiger partial charge >= 0.3 is 0 Å². The minimum Gasteiger partial charge on any atom is -0.455 e. The summed E-state index contributed by atoms with van der Waals surface area (Å²) in [6.45, 7) is 1.99. The first-order valence-corrected chi connectivity index (χ1v) is 5.33. The van der Waals surface area contributed by atoms with E-state index >= 15 is 0 Å². The zero-order valence-corrected chi connectivity index (χ0v) is 9.66. The fourth-order valence-corrected chi connectivity index (χ4v) is 1.58. The van der Waals surface area contributed by atoms with Crippen LogP contribution in [0.3, 0.4) is 0 Å². The van der Waals surface area contributed by atoms with Crippen molar-refractivity contribution < 1.29 is 4.74 Å². The Bertz CT molecular complexity index is 511. The lowest BCUT2D eigenvalue weighted by Gasteiger charge is -2.10. The number of ether oxygens (including phenoxy) is 1. The molecule has 2 nitrogen and oxygen atoms in total. The summed E-state index contributed by atoms with van der Waals surface area (Å²) in [6, 6.07) is 13.0. The molecule has 0 amide bonds. The van der Waals surface area contributed by atoms with E-state index in [-0.39, 0.29) is 0 Å². The number of anilines is 1. The van der Waals surface area contributed by atoms with Crippen molar-refractivity contribution in [2.45, 2.75) is 6.92 Å². The Hall–Kier alpha value is -1.67. The van der Waals surface area contributed by atoms with E-state index in [1.807, 2.05) is 31.2 Å². The molecule has 0 aromatic heterocycles. The van der Waals surface area contributed by atoms with Gasteiger partial charge in [0.05, 0.1) is 5.69 Å². The van der Waals surface area contributed by atoms with Gasteiger partial charge < -0.3 is 10.5 Å². The third kappa shape index (κ3) is 2.28. The van der Waals surface area contributed by atoms with E-state index in [4.69, 9.17) is 22.1 Å². The molecule has 0 heterocycles. The molecule has 3 heteroatoms. The van der Waals surface area contributed by atoms with E-state index in [9.17, 15) is 0 Å². The summed E-state index contributed by atoms with van der Waals surface area (Å²) < 4.78 is 5.71. The van der Waals surface area contributed by atoms with Gasteiger partial charge in [-0.3, -0.25) is 0 Å². The molecule has 0 atom stereocenters. The smallest absolute Gasteiger partial charge is 0.150 e. The highest BCUT2D eigenvalue weighted by atomic mass is 35.5. The molecule has 0 aliphatic heterocycles. The summed E-state index contributed by atoms with van der Waals surface area (Å²) in [5.74, 6) is 1.43. The third-order valence-corrected chi connectivity index (χ3v) is 2.52. The first-order valence-electron chi connectivity index (χ1n) is 4.95. The van der Waals surface area contributed by atoms with Gasteiger partial charge in [0, 0.05) is 5.02 Å². The van der Waals surface area contributed by atoms with E-state index in [1.165, 1.54) is 0 Å². The van der Waals surface area contributed by atoms with Crippen LogP contribution in [-0.2, 0) is 0 Å². The van der Waals surface area contributed by atoms with Gasteiger partial charge in [-0.1, -0.05) is 29.8 Å². The van der Waals surface area contributed by atoms with Gasteiger partial charge in [-0.25, -0.2) is 0 Å². The highest BCUT2D eigenvalue weighted by Crippen LogP contribution is 2.31. The van der Waals surface area contributed by atoms with Crippen LogP contribution in [0.25, 0.3) is 0 Å². The lowest BCUT2D eigenvalue weighted by molar-refractivity contribution is 0.481. The predicted molar refractivity (Wildman–Crippen MR) is 67.1 cm³/mol. The van der Waals surface area contributed by atoms with Gasteiger partial charge in [-0.2, -0.15) is 0 Å². The number of rotatable bonds is 2. The minimum atomic E-state index is 0.538. The van der Waals surface area contributed by atoms with Crippen molar-refractivity contribution in [1.29, 1.82) is 0 Å². The van der Waals surface area contributed by atoms with Gasteiger partial charge in [0.15, 0.2) is 0 Å². The maximum absolute atomic E-state index is 5.82. The van der Waals surface area contributed by atoms with E-state index in [0.717, 1.165) is 11.3 Å². The normalized spacial score (nSPS) is 10.1. The average Bonchev–Trinajstić information content (AvgIpc) is 2.25. The van der Waals surface area contributed by atoms with Crippen molar-refractivity contribution in [3.05, 3.63) is 53.1 Å². The summed E-state index contributed by atoms with van der Waals surface area (Å²) in [4.78, 5) is 0. The molecule has 16 heavy (non-hydrogen) atoms. The van der Waals surface area contributed by atoms with Crippen LogP contribution >= 0.6 is 11.6 Å². The molecular weight excluding hydrogens is 222 g/mol. The van der Waals surface area contributed by atoms with Crippen molar-refractivity contribution in [1.82, 2.24) is 0 Å². The van der Waals surface area contributed by atoms with E-state index in [2.05, 4.69) is 0 Å². The maximum Gasteiger partial charge on any atom is 0.150 e. The van der Waals surface area contributed by atoms with Crippen molar-refractivity contribution in [3.63, 3.8) is 0 Å². The van der Waals surface area contributed by atoms with Crippen molar-refractivity contribution in [3.8, 4) is 11.5 Å². The molecule has 0 unspecified atom stereocenters. The molecule has 0 aliphatic carbocycles. The summed E-state index contributed by atoms with van der Waals surface area (Å²) >= 11 is 5.82. The Morgan fingerprint density at radius 1 is 1.06 bits per heavy atom. The van der Waals surface area contributed by atoms with Crippen LogP contribution < -0.4 is 10.5 Å². The van der Waals surface area contributed by atoms with Gasteiger partial charge in [-0.15, -0.1) is 0 Å². The van der Waals surface area contributed by atoms with E-state index in [1.54, 1.807) is 18.2 Å². The minimum absolute atomic E-state index is 0.538. The Morgan fingerprint density at radius 3 is 2.50 bits per heavy atom. The van der Waals surface area contributed by atoms with Gasteiger partial charge in [0.25, 0.3) is 0 Å². The van der Waals surface area contributed by atoms with Crippen molar-refractivity contribution in [2.75, 3.05) is 5.73 Å². The zero-order valence-electron chi connectivity index (χ0n) is 8.91. The number of nitrogen functional groups attached to an aromatic ring is 1. The molecule has 0 aliphatic rings. The van der Waals surface area contributed by atoms with Crippen LogP contribution in [0.4, 0.5) is 5.69 Å². The van der Waals surface area contributed by atoms with E-state index < -0.39 is 0 Å². The summed E-state index contributed by atoms with van der Waals surface area (Å²) in [6.07, 6.45) is 0. The highest BCUT2D eigenvalue weighted by Gasteiger charge is 2.04. The first kappa shape index (κ1) is 10.8. The Kier molecular flexibility index (Phi) is 3.02. The second-order valence-electron chi connectivity index (χ2n) is 3.55. The van der Waals surface area contributed by atoms with Gasteiger partial charge in [0.2, 0.25) is 0 Å². The lowest BCUT2D eigenvalue weighted by Crippen LogP contribution is -1.93. The monoisotopic (exact) mass is 233 g/mol. The van der Waals surface area contributed by atoms with Crippen LogP contribution in [0.2, 0.25) is 5.02 Å². The fraction of sp³-hybridized carbons (Fsp3) is 0.0769. The standard InChI is InChI=1S/C13H12ClNO/c1-9-4-2-3-5-12(9)16-13-7-6-10(14)8-11(13)15/h2-8H,15H2,1H3. The Morgan fingerprint density at radius 2 is 1.81 bits per heavy atom. The van der Waals surface area contributed by atoms with Crippen LogP contribution in [-0.4, -0.2) is 0 Å². The molecule has 2 aromatic carbocycles. The summed E-state index contributed by atoms with van der Waals surface area (Å²) in [5.41, 5.74) is 7.41.